The molecule has 3 aromatic rings. The summed E-state index contributed by atoms with van der Waals surface area (Å²) in [6.07, 6.45) is 15.2. The average molecular weight is 386 g/mol. The summed E-state index contributed by atoms with van der Waals surface area (Å²) in [6, 6.07) is 8.62. The van der Waals surface area contributed by atoms with Gasteiger partial charge in [0.15, 0.2) is 0 Å². The predicted molar refractivity (Wildman–Crippen MR) is 117 cm³/mol. The maximum absolute atomic E-state index is 12.5. The quantitative estimate of drug-likeness (QED) is 0.578. The van der Waals surface area contributed by atoms with Gasteiger partial charge in [-0.15, -0.1) is 0 Å². The topological polar surface area (TPSA) is 59.8 Å². The summed E-state index contributed by atoms with van der Waals surface area (Å²) in [4.78, 5) is 16.7. The zero-order valence-corrected chi connectivity index (χ0v) is 16.9. The van der Waals surface area contributed by atoms with Crippen LogP contribution in [0.1, 0.15) is 49.4 Å². The predicted octanol–water partition coefficient (Wildman–Crippen LogP) is 5.06. The van der Waals surface area contributed by atoms with Crippen LogP contribution in [0.5, 0.6) is 0 Å². The summed E-state index contributed by atoms with van der Waals surface area (Å²) < 4.78 is 2.03. The maximum Gasteiger partial charge on any atom is 0.248 e. The van der Waals surface area contributed by atoms with Gasteiger partial charge in [0.25, 0.3) is 0 Å². The first kappa shape index (κ1) is 19.1. The zero-order valence-electron chi connectivity index (χ0n) is 16.9. The molecule has 1 aliphatic carbocycles. The molecule has 4 rings (SSSR count). The van der Waals surface area contributed by atoms with E-state index in [1.165, 1.54) is 24.0 Å². The molecule has 5 heteroatoms. The number of benzene rings is 1. The molecule has 1 amide bonds. The van der Waals surface area contributed by atoms with Crippen molar-refractivity contribution >= 4 is 17.7 Å². The van der Waals surface area contributed by atoms with E-state index in [9.17, 15) is 4.79 Å². The Bertz CT molecular complexity index is 1050. The normalized spacial score (nSPS) is 13.7. The van der Waals surface area contributed by atoms with Crippen LogP contribution in [-0.4, -0.2) is 20.7 Å². The summed E-state index contributed by atoms with van der Waals surface area (Å²) in [5, 5.41) is 7.43. The summed E-state index contributed by atoms with van der Waals surface area (Å²) >= 11 is 0. The third-order valence-corrected chi connectivity index (χ3v) is 5.34. The summed E-state index contributed by atoms with van der Waals surface area (Å²) in [7, 11) is 0. The summed E-state index contributed by atoms with van der Waals surface area (Å²) in [5.41, 5.74) is 6.39. The molecule has 0 atom stereocenters. The van der Waals surface area contributed by atoms with Gasteiger partial charge in [-0.25, -0.2) is 0 Å². The first-order valence-corrected chi connectivity index (χ1v) is 10.3. The number of amides is 1. The zero-order chi connectivity index (χ0) is 20.2. The first-order chi connectivity index (χ1) is 14.2. The van der Waals surface area contributed by atoms with Gasteiger partial charge in [0.05, 0.1) is 12.2 Å². The third kappa shape index (κ3) is 4.45. The second-order valence-electron chi connectivity index (χ2n) is 7.42. The number of anilines is 1. The van der Waals surface area contributed by atoms with Crippen LogP contribution in [0.25, 0.3) is 17.2 Å². The lowest BCUT2D eigenvalue weighted by Crippen LogP contribution is -2.08. The Morgan fingerprint density at radius 3 is 2.76 bits per heavy atom. The monoisotopic (exact) mass is 386 g/mol. The molecule has 1 fully saturated rings. The lowest BCUT2D eigenvalue weighted by atomic mass is 10.0. The number of rotatable bonds is 7. The third-order valence-electron chi connectivity index (χ3n) is 5.34. The van der Waals surface area contributed by atoms with Gasteiger partial charge in [0.1, 0.15) is 0 Å². The van der Waals surface area contributed by atoms with Crippen molar-refractivity contribution in [1.29, 1.82) is 0 Å². The van der Waals surface area contributed by atoms with Crippen LogP contribution in [0.3, 0.4) is 0 Å². The van der Waals surface area contributed by atoms with E-state index >= 15 is 0 Å². The molecule has 2 heterocycles. The second kappa shape index (κ2) is 8.43. The highest BCUT2D eigenvalue weighted by atomic mass is 16.1. The highest BCUT2D eigenvalue weighted by Crippen LogP contribution is 2.35. The Hall–Kier alpha value is -3.21. The minimum Gasteiger partial charge on any atom is -0.323 e. The molecule has 0 bridgehead atoms. The molecule has 1 aliphatic rings. The van der Waals surface area contributed by atoms with E-state index < -0.39 is 0 Å². The van der Waals surface area contributed by atoms with Crippen LogP contribution >= 0.6 is 0 Å². The summed E-state index contributed by atoms with van der Waals surface area (Å²) in [6.45, 7) is 4.28. The van der Waals surface area contributed by atoms with Crippen LogP contribution in [0.4, 0.5) is 5.69 Å². The molecule has 5 nitrogen and oxygen atoms in total. The number of carbonyl (C=O) groups is 1. The van der Waals surface area contributed by atoms with Crippen molar-refractivity contribution in [2.24, 2.45) is 0 Å². The van der Waals surface area contributed by atoms with E-state index in [-0.39, 0.29) is 5.91 Å². The fraction of sp³-hybridized carbons (Fsp3) is 0.292. The van der Waals surface area contributed by atoms with E-state index in [0.717, 1.165) is 35.2 Å². The van der Waals surface area contributed by atoms with E-state index in [1.54, 1.807) is 18.5 Å². The highest BCUT2D eigenvalue weighted by molar-refractivity contribution is 6.02. The molecule has 0 spiro atoms. The molecule has 0 aliphatic heterocycles. The molecule has 0 saturated heterocycles. The molecule has 0 unspecified atom stereocenters. The van der Waals surface area contributed by atoms with Crippen LogP contribution in [0.2, 0.25) is 0 Å². The molecule has 29 heavy (non-hydrogen) atoms. The molecular formula is C24H26N4O. The molecular weight excluding hydrogens is 360 g/mol. The fourth-order valence-corrected chi connectivity index (χ4v) is 3.55. The number of nitrogens with zero attached hydrogens (tertiary/aromatic N) is 3. The Balaban J connectivity index is 1.49. The molecule has 1 N–H and O–H groups in total. The van der Waals surface area contributed by atoms with Gasteiger partial charge in [0.2, 0.25) is 5.91 Å². The van der Waals surface area contributed by atoms with Gasteiger partial charge in [-0.05, 0) is 66.6 Å². The maximum atomic E-state index is 12.5. The van der Waals surface area contributed by atoms with Gasteiger partial charge < -0.3 is 5.32 Å². The number of hydrogen-bond acceptors (Lipinski definition) is 3. The SMILES string of the molecule is CCc1ccc(NC(=O)/C=C/c2cnccc2-c2cnn(C3CC3)c2)cc1CC. The Kier molecular flexibility index (Phi) is 5.56. The largest absolute Gasteiger partial charge is 0.323 e. The lowest BCUT2D eigenvalue weighted by Gasteiger charge is -2.09. The van der Waals surface area contributed by atoms with Crippen molar-refractivity contribution in [3.05, 3.63) is 71.8 Å². The second-order valence-corrected chi connectivity index (χ2v) is 7.42. The lowest BCUT2D eigenvalue weighted by molar-refractivity contribution is -0.111. The molecule has 2 aromatic heterocycles. The van der Waals surface area contributed by atoms with Gasteiger partial charge in [-0.1, -0.05) is 19.9 Å². The van der Waals surface area contributed by atoms with Crippen LogP contribution in [0.15, 0.2) is 55.1 Å². The Morgan fingerprint density at radius 2 is 2.00 bits per heavy atom. The van der Waals surface area contributed by atoms with Crippen LogP contribution < -0.4 is 5.32 Å². The van der Waals surface area contributed by atoms with E-state index in [2.05, 4.69) is 47.6 Å². The number of aromatic nitrogens is 3. The van der Waals surface area contributed by atoms with Crippen molar-refractivity contribution in [3.8, 4) is 11.1 Å². The smallest absolute Gasteiger partial charge is 0.248 e. The van der Waals surface area contributed by atoms with Crippen molar-refractivity contribution in [2.45, 2.75) is 45.6 Å². The minimum atomic E-state index is -0.153. The van der Waals surface area contributed by atoms with Gasteiger partial charge >= 0.3 is 0 Å². The van der Waals surface area contributed by atoms with Crippen molar-refractivity contribution in [3.63, 3.8) is 0 Å². The first-order valence-electron chi connectivity index (χ1n) is 10.3. The standard InChI is InChI=1S/C24H26N4O/c1-3-17-5-7-21(13-18(17)4-2)27-24(29)10-6-19-14-25-12-11-23(19)20-15-26-28(16-20)22-8-9-22/h5-7,10-16,22H,3-4,8-9H2,1-2H3,(H,27,29)/b10-6+. The van der Waals surface area contributed by atoms with Crippen molar-refractivity contribution in [1.82, 2.24) is 14.8 Å². The molecule has 1 aromatic carbocycles. The molecule has 148 valence electrons. The van der Waals surface area contributed by atoms with Crippen molar-refractivity contribution < 1.29 is 4.79 Å². The Labute approximate surface area is 171 Å². The fourth-order valence-electron chi connectivity index (χ4n) is 3.55. The average Bonchev–Trinajstić information content (AvgIpc) is 3.49. The van der Waals surface area contributed by atoms with Gasteiger partial charge in [0, 0.05) is 41.5 Å². The van der Waals surface area contributed by atoms with E-state index in [1.807, 2.05) is 29.1 Å². The number of nitrogens with one attached hydrogen (secondary N) is 1. The number of carbonyl (C=O) groups excluding carboxylic acids is 1. The van der Waals surface area contributed by atoms with Crippen molar-refractivity contribution in [2.75, 3.05) is 5.32 Å². The van der Waals surface area contributed by atoms with E-state index in [0.29, 0.717) is 6.04 Å². The van der Waals surface area contributed by atoms with Gasteiger partial charge in [-0.3, -0.25) is 14.5 Å². The number of pyridine rings is 1. The highest BCUT2D eigenvalue weighted by Gasteiger charge is 2.24. The van der Waals surface area contributed by atoms with E-state index in [4.69, 9.17) is 0 Å². The van der Waals surface area contributed by atoms with Gasteiger partial charge in [-0.2, -0.15) is 5.10 Å². The number of aryl methyl sites for hydroxylation is 2. The summed E-state index contributed by atoms with van der Waals surface area (Å²) in [5.74, 6) is -0.153. The van der Waals surface area contributed by atoms with Crippen LogP contribution in [0, 0.1) is 0 Å². The number of hydrogen-bond donors (Lipinski definition) is 1. The molecule has 0 radical (unpaired) electrons. The van der Waals surface area contributed by atoms with Crippen LogP contribution in [-0.2, 0) is 17.6 Å². The Morgan fingerprint density at radius 1 is 1.17 bits per heavy atom. The molecule has 1 saturated carbocycles. The minimum absolute atomic E-state index is 0.153.